The fraction of sp³-hybridized carbons (Fsp3) is 0.571. The van der Waals surface area contributed by atoms with Crippen molar-refractivity contribution in [2.24, 2.45) is 5.41 Å². The van der Waals surface area contributed by atoms with Crippen molar-refractivity contribution in [2.45, 2.75) is 37.5 Å². The second-order valence-electron chi connectivity index (χ2n) is 5.62. The minimum absolute atomic E-state index is 0.0289. The van der Waals surface area contributed by atoms with Gasteiger partial charge in [0.1, 0.15) is 5.60 Å². The molecule has 2 aliphatic rings. The summed E-state index contributed by atoms with van der Waals surface area (Å²) in [7, 11) is 0. The van der Waals surface area contributed by atoms with Gasteiger partial charge in [0.05, 0.1) is 13.0 Å². The molecule has 1 atom stereocenters. The third-order valence-corrected chi connectivity index (χ3v) is 4.06. The van der Waals surface area contributed by atoms with Gasteiger partial charge in [-0.1, -0.05) is 30.3 Å². The number of rotatable bonds is 2. The van der Waals surface area contributed by atoms with Crippen LogP contribution < -0.4 is 0 Å². The molecule has 0 unspecified atom stereocenters. The first-order valence-corrected chi connectivity index (χ1v) is 6.20. The Morgan fingerprint density at radius 3 is 2.28 bits per heavy atom. The van der Waals surface area contributed by atoms with Gasteiger partial charge in [0.25, 0.3) is 0 Å². The van der Waals surface area contributed by atoms with Crippen LogP contribution in [0.2, 0.25) is 0 Å². The van der Waals surface area contributed by atoms with Crippen molar-refractivity contribution in [1.29, 1.82) is 0 Å². The SMILES string of the molecule is FC(F)(F)C[C@@]1(c2ccccc2)CC2(CC2)CO1. The lowest BCUT2D eigenvalue weighted by atomic mass is 9.83. The summed E-state index contributed by atoms with van der Waals surface area (Å²) in [5, 5.41) is 0. The quantitative estimate of drug-likeness (QED) is 0.776. The Labute approximate surface area is 104 Å². The molecule has 1 saturated carbocycles. The monoisotopic (exact) mass is 256 g/mol. The molecular weight excluding hydrogens is 241 g/mol. The van der Waals surface area contributed by atoms with E-state index in [0.29, 0.717) is 18.6 Å². The Bertz CT molecular complexity index is 436. The van der Waals surface area contributed by atoms with Crippen LogP contribution in [-0.4, -0.2) is 12.8 Å². The predicted molar refractivity (Wildman–Crippen MR) is 61.0 cm³/mol. The lowest BCUT2D eigenvalue weighted by Crippen LogP contribution is -2.32. The zero-order chi connectivity index (χ0) is 12.9. The summed E-state index contributed by atoms with van der Waals surface area (Å²) in [6.07, 6.45) is -2.58. The number of hydrogen-bond acceptors (Lipinski definition) is 1. The van der Waals surface area contributed by atoms with E-state index in [-0.39, 0.29) is 5.41 Å². The number of hydrogen-bond donors (Lipinski definition) is 0. The molecule has 2 fully saturated rings. The van der Waals surface area contributed by atoms with Crippen LogP contribution in [0, 0.1) is 5.41 Å². The van der Waals surface area contributed by atoms with Crippen LogP contribution in [0.3, 0.4) is 0 Å². The Balaban J connectivity index is 1.94. The zero-order valence-electron chi connectivity index (χ0n) is 9.96. The summed E-state index contributed by atoms with van der Waals surface area (Å²) in [6, 6.07) is 8.84. The van der Waals surface area contributed by atoms with Gasteiger partial charge in [0, 0.05) is 0 Å². The Morgan fingerprint density at radius 1 is 1.11 bits per heavy atom. The van der Waals surface area contributed by atoms with Gasteiger partial charge in [-0.15, -0.1) is 0 Å². The first-order chi connectivity index (χ1) is 8.43. The van der Waals surface area contributed by atoms with E-state index in [2.05, 4.69) is 0 Å². The normalized spacial score (nSPS) is 29.7. The van der Waals surface area contributed by atoms with Gasteiger partial charge in [0.15, 0.2) is 0 Å². The van der Waals surface area contributed by atoms with E-state index in [1.165, 1.54) is 0 Å². The second-order valence-corrected chi connectivity index (χ2v) is 5.62. The molecule has 1 aliphatic heterocycles. The summed E-state index contributed by atoms with van der Waals surface area (Å²) >= 11 is 0. The molecule has 1 heterocycles. The van der Waals surface area contributed by atoms with Gasteiger partial charge in [-0.2, -0.15) is 13.2 Å². The molecule has 1 aromatic carbocycles. The topological polar surface area (TPSA) is 9.23 Å². The van der Waals surface area contributed by atoms with Crippen molar-refractivity contribution in [3.8, 4) is 0 Å². The van der Waals surface area contributed by atoms with Crippen molar-refractivity contribution in [1.82, 2.24) is 0 Å². The van der Waals surface area contributed by atoms with E-state index in [0.717, 1.165) is 12.8 Å². The van der Waals surface area contributed by atoms with Gasteiger partial charge in [-0.05, 0) is 30.2 Å². The Hall–Kier alpha value is -1.03. The highest BCUT2D eigenvalue weighted by Crippen LogP contribution is 2.61. The molecule has 98 valence electrons. The highest BCUT2D eigenvalue weighted by molar-refractivity contribution is 5.26. The minimum Gasteiger partial charge on any atom is -0.369 e. The Morgan fingerprint density at radius 2 is 1.78 bits per heavy atom. The third kappa shape index (κ3) is 2.14. The van der Waals surface area contributed by atoms with E-state index >= 15 is 0 Å². The van der Waals surface area contributed by atoms with Gasteiger partial charge in [-0.3, -0.25) is 0 Å². The maximum Gasteiger partial charge on any atom is 0.392 e. The van der Waals surface area contributed by atoms with Crippen LogP contribution in [0.5, 0.6) is 0 Å². The van der Waals surface area contributed by atoms with Crippen molar-refractivity contribution >= 4 is 0 Å². The fourth-order valence-corrected chi connectivity index (χ4v) is 2.96. The van der Waals surface area contributed by atoms with E-state index in [1.54, 1.807) is 24.3 Å². The average molecular weight is 256 g/mol. The van der Waals surface area contributed by atoms with Crippen molar-refractivity contribution in [3.05, 3.63) is 35.9 Å². The van der Waals surface area contributed by atoms with Gasteiger partial charge in [-0.25, -0.2) is 0 Å². The number of ether oxygens (including phenoxy) is 1. The van der Waals surface area contributed by atoms with Gasteiger partial charge >= 0.3 is 6.18 Å². The molecule has 0 bridgehead atoms. The third-order valence-electron chi connectivity index (χ3n) is 4.06. The molecule has 1 aromatic rings. The van der Waals surface area contributed by atoms with Crippen LogP contribution in [0.4, 0.5) is 13.2 Å². The molecule has 4 heteroatoms. The first-order valence-electron chi connectivity index (χ1n) is 6.20. The standard InChI is InChI=1S/C14H15F3O/c15-14(16,17)9-13(11-4-2-1-3-5-11)8-12(6-7-12)10-18-13/h1-5H,6-10H2/t13-/m1/s1. The summed E-state index contributed by atoms with van der Waals surface area (Å²) in [6.45, 7) is 0.470. The molecule has 0 amide bonds. The molecule has 0 aromatic heterocycles. The first kappa shape index (κ1) is 12.0. The predicted octanol–water partition coefficient (Wildman–Crippen LogP) is 4.03. The molecule has 1 nitrogen and oxygen atoms in total. The number of alkyl halides is 3. The lowest BCUT2D eigenvalue weighted by molar-refractivity contribution is -0.181. The molecule has 18 heavy (non-hydrogen) atoms. The highest BCUT2D eigenvalue weighted by Gasteiger charge is 2.59. The molecule has 1 aliphatic carbocycles. The molecule has 1 spiro atoms. The maximum absolute atomic E-state index is 12.8. The van der Waals surface area contributed by atoms with Gasteiger partial charge in [0.2, 0.25) is 0 Å². The minimum atomic E-state index is -4.20. The van der Waals surface area contributed by atoms with E-state index < -0.39 is 18.2 Å². The maximum atomic E-state index is 12.8. The average Bonchev–Trinajstić information content (AvgIpc) is 2.95. The van der Waals surface area contributed by atoms with Crippen LogP contribution in [0.25, 0.3) is 0 Å². The molecule has 0 N–H and O–H groups in total. The van der Waals surface area contributed by atoms with Crippen LogP contribution >= 0.6 is 0 Å². The van der Waals surface area contributed by atoms with Crippen LogP contribution in [0.1, 0.15) is 31.2 Å². The van der Waals surface area contributed by atoms with E-state index in [9.17, 15) is 13.2 Å². The molecule has 0 radical (unpaired) electrons. The molecule has 1 saturated heterocycles. The molecular formula is C14H15F3O. The molecule has 3 rings (SSSR count). The number of benzene rings is 1. The second kappa shape index (κ2) is 3.73. The van der Waals surface area contributed by atoms with Crippen LogP contribution in [0.15, 0.2) is 30.3 Å². The summed E-state index contributed by atoms with van der Waals surface area (Å²) in [4.78, 5) is 0. The Kier molecular flexibility index (Phi) is 2.49. The van der Waals surface area contributed by atoms with Crippen molar-refractivity contribution in [2.75, 3.05) is 6.61 Å². The number of halogens is 3. The summed E-state index contributed by atoms with van der Waals surface area (Å²) in [5.41, 5.74) is -0.469. The van der Waals surface area contributed by atoms with Crippen molar-refractivity contribution < 1.29 is 17.9 Å². The lowest BCUT2D eigenvalue weighted by Gasteiger charge is -2.30. The van der Waals surface area contributed by atoms with Crippen LogP contribution in [-0.2, 0) is 10.3 Å². The highest BCUT2D eigenvalue weighted by atomic mass is 19.4. The smallest absolute Gasteiger partial charge is 0.369 e. The summed E-state index contributed by atoms with van der Waals surface area (Å²) < 4.78 is 44.2. The van der Waals surface area contributed by atoms with E-state index in [4.69, 9.17) is 4.74 Å². The summed E-state index contributed by atoms with van der Waals surface area (Å²) in [5.74, 6) is 0. The zero-order valence-corrected chi connectivity index (χ0v) is 9.96. The van der Waals surface area contributed by atoms with Gasteiger partial charge < -0.3 is 4.74 Å². The largest absolute Gasteiger partial charge is 0.392 e. The van der Waals surface area contributed by atoms with Crippen molar-refractivity contribution in [3.63, 3.8) is 0 Å². The fourth-order valence-electron chi connectivity index (χ4n) is 2.96. The van der Waals surface area contributed by atoms with E-state index in [1.807, 2.05) is 6.07 Å².